The van der Waals surface area contributed by atoms with Crippen LogP contribution in [0, 0.1) is 12.7 Å². The van der Waals surface area contributed by atoms with Gasteiger partial charge >= 0.3 is 12.4 Å². The number of aromatic amines is 1. The Morgan fingerprint density at radius 3 is 2.30 bits per heavy atom. The molecule has 3 aromatic rings. The minimum absolute atomic E-state index is 0.0286. The van der Waals surface area contributed by atoms with E-state index in [0.717, 1.165) is 13.8 Å². The molecule has 0 aliphatic carbocycles. The summed E-state index contributed by atoms with van der Waals surface area (Å²) in [6, 6.07) is 1.15. The highest BCUT2D eigenvalue weighted by molar-refractivity contribution is 7.15. The van der Waals surface area contributed by atoms with E-state index < -0.39 is 68.2 Å². The molecule has 1 unspecified atom stereocenters. The molecule has 1 atom stereocenters. The van der Waals surface area contributed by atoms with E-state index in [2.05, 4.69) is 20.5 Å². The lowest BCUT2D eigenvalue weighted by Gasteiger charge is -2.20. The van der Waals surface area contributed by atoms with Gasteiger partial charge in [-0.3, -0.25) is 9.89 Å². The standard InChI is InChI=1S/C21H18ClF7N4O3S/c1-7-13(16(22)33-32-7)30-17(34)10-5-11(23)9(6-12(10)36-8(2)20(24,25)26)18-31-14(19(3,4)35)15(37-18)21(27,28)29/h5-6,8,35H,1-4H3,(H,30,34)(H,32,33). The van der Waals surface area contributed by atoms with Gasteiger partial charge in [-0.15, -0.1) is 11.3 Å². The number of alkyl halides is 6. The number of nitrogens with zero attached hydrogens (tertiary/aromatic N) is 2. The molecule has 7 nitrogen and oxygen atoms in total. The van der Waals surface area contributed by atoms with Gasteiger partial charge in [0.05, 0.1) is 17.0 Å². The van der Waals surface area contributed by atoms with E-state index in [4.69, 9.17) is 16.3 Å². The highest BCUT2D eigenvalue weighted by Gasteiger charge is 2.42. The van der Waals surface area contributed by atoms with Crippen molar-refractivity contribution in [3.63, 3.8) is 0 Å². The summed E-state index contributed by atoms with van der Waals surface area (Å²) in [5, 5.41) is 17.8. The number of ether oxygens (including phenoxy) is 1. The van der Waals surface area contributed by atoms with Gasteiger partial charge in [0.15, 0.2) is 6.10 Å². The van der Waals surface area contributed by atoms with Crippen LogP contribution >= 0.6 is 22.9 Å². The summed E-state index contributed by atoms with van der Waals surface area (Å²) < 4.78 is 100. The molecule has 202 valence electrons. The maximum atomic E-state index is 15.1. The first-order valence-electron chi connectivity index (χ1n) is 10.2. The first-order valence-corrected chi connectivity index (χ1v) is 11.4. The molecule has 0 bridgehead atoms. The fraction of sp³-hybridized carbons (Fsp3) is 0.381. The molecule has 0 saturated heterocycles. The van der Waals surface area contributed by atoms with Gasteiger partial charge in [0.1, 0.15) is 37.9 Å². The highest BCUT2D eigenvalue weighted by atomic mass is 35.5. The summed E-state index contributed by atoms with van der Waals surface area (Å²) in [6.45, 7) is 4.14. The highest BCUT2D eigenvalue weighted by Crippen LogP contribution is 2.44. The number of carbonyl (C=O) groups is 1. The molecule has 3 rings (SSSR count). The monoisotopic (exact) mass is 574 g/mol. The summed E-state index contributed by atoms with van der Waals surface area (Å²) >= 11 is 5.85. The number of thiazole rings is 1. The lowest BCUT2D eigenvalue weighted by Crippen LogP contribution is -2.32. The predicted molar refractivity (Wildman–Crippen MR) is 120 cm³/mol. The van der Waals surface area contributed by atoms with Crippen LogP contribution in [0.2, 0.25) is 5.15 Å². The zero-order valence-corrected chi connectivity index (χ0v) is 20.9. The van der Waals surface area contributed by atoms with E-state index in [-0.39, 0.29) is 27.9 Å². The van der Waals surface area contributed by atoms with Gasteiger partial charge in [-0.25, -0.2) is 9.37 Å². The van der Waals surface area contributed by atoms with Crippen molar-refractivity contribution in [1.82, 2.24) is 15.2 Å². The third kappa shape index (κ3) is 6.15. The second-order valence-electron chi connectivity index (χ2n) is 8.34. The van der Waals surface area contributed by atoms with Crippen LogP contribution in [0.25, 0.3) is 10.6 Å². The van der Waals surface area contributed by atoms with E-state index in [0.29, 0.717) is 19.1 Å². The molecular formula is C21H18ClF7N4O3S. The van der Waals surface area contributed by atoms with Gasteiger partial charge in [-0.1, -0.05) is 11.6 Å². The van der Waals surface area contributed by atoms with Crippen molar-refractivity contribution < 1.29 is 45.4 Å². The minimum atomic E-state index is -4.96. The van der Waals surface area contributed by atoms with Gasteiger partial charge in [0.25, 0.3) is 5.91 Å². The Kier molecular flexibility index (Phi) is 7.56. The molecule has 1 amide bonds. The van der Waals surface area contributed by atoms with Crippen LogP contribution < -0.4 is 10.1 Å². The Morgan fingerprint density at radius 1 is 1.22 bits per heavy atom. The molecule has 0 spiro atoms. The molecule has 0 fully saturated rings. The van der Waals surface area contributed by atoms with Gasteiger partial charge in [0.2, 0.25) is 0 Å². The van der Waals surface area contributed by atoms with Crippen molar-refractivity contribution in [3.8, 4) is 16.3 Å². The van der Waals surface area contributed by atoms with Crippen molar-refractivity contribution in [3.05, 3.63) is 44.9 Å². The number of anilines is 1. The van der Waals surface area contributed by atoms with Gasteiger partial charge < -0.3 is 15.2 Å². The lowest BCUT2D eigenvalue weighted by molar-refractivity contribution is -0.189. The average molecular weight is 575 g/mol. The van der Waals surface area contributed by atoms with Gasteiger partial charge in [-0.05, 0) is 39.8 Å². The second kappa shape index (κ2) is 9.76. The van der Waals surface area contributed by atoms with Crippen molar-refractivity contribution >= 4 is 34.5 Å². The number of H-pyrrole nitrogens is 1. The predicted octanol–water partition coefficient (Wildman–Crippen LogP) is 6.46. The van der Waals surface area contributed by atoms with E-state index in [1.807, 2.05) is 0 Å². The fourth-order valence-corrected chi connectivity index (χ4v) is 4.35. The molecule has 3 N–H and O–H groups in total. The van der Waals surface area contributed by atoms with Crippen molar-refractivity contribution in [1.29, 1.82) is 0 Å². The first-order chi connectivity index (χ1) is 16.8. The Labute approximate surface area is 213 Å². The smallest absolute Gasteiger partial charge is 0.427 e. The SMILES string of the molecule is Cc1n[nH]c(Cl)c1NC(=O)c1cc(F)c(-c2nc(C(C)(C)O)c(C(F)(F)F)s2)cc1OC(C)C(F)(F)F. The Morgan fingerprint density at radius 2 is 1.84 bits per heavy atom. The number of rotatable bonds is 6. The zero-order chi connectivity index (χ0) is 28.1. The van der Waals surface area contributed by atoms with Crippen molar-refractivity contribution in [2.24, 2.45) is 0 Å². The van der Waals surface area contributed by atoms with E-state index in [9.17, 15) is 36.2 Å². The third-order valence-electron chi connectivity index (χ3n) is 4.91. The maximum absolute atomic E-state index is 15.1. The Hall–Kier alpha value is -2.91. The number of amides is 1. The zero-order valence-electron chi connectivity index (χ0n) is 19.3. The summed E-state index contributed by atoms with van der Waals surface area (Å²) in [6.07, 6.45) is -12.3. The quantitative estimate of drug-likeness (QED) is 0.293. The molecule has 2 heterocycles. The molecule has 37 heavy (non-hydrogen) atoms. The van der Waals surface area contributed by atoms with Crippen LogP contribution in [0.5, 0.6) is 5.75 Å². The first kappa shape index (κ1) is 28.7. The van der Waals surface area contributed by atoms with Crippen LogP contribution in [-0.4, -0.2) is 38.5 Å². The summed E-state index contributed by atoms with van der Waals surface area (Å²) in [7, 11) is 0. The average Bonchev–Trinajstić information content (AvgIpc) is 3.33. The molecule has 0 aliphatic rings. The number of carbonyl (C=O) groups excluding carboxylic acids is 1. The summed E-state index contributed by atoms with van der Waals surface area (Å²) in [5.74, 6) is -3.20. The molecule has 2 aromatic heterocycles. The fourth-order valence-electron chi connectivity index (χ4n) is 3.02. The van der Waals surface area contributed by atoms with Crippen LogP contribution in [0.4, 0.5) is 36.4 Å². The third-order valence-corrected chi connectivity index (χ3v) is 6.32. The maximum Gasteiger partial charge on any atom is 0.427 e. The summed E-state index contributed by atoms with van der Waals surface area (Å²) in [5.41, 5.74) is -4.09. The van der Waals surface area contributed by atoms with Crippen LogP contribution in [-0.2, 0) is 11.8 Å². The Balaban J connectivity index is 2.17. The number of aryl methyl sites for hydroxylation is 1. The largest absolute Gasteiger partial charge is 0.480 e. The van der Waals surface area contributed by atoms with Crippen LogP contribution in [0.1, 0.15) is 47.4 Å². The summed E-state index contributed by atoms with van der Waals surface area (Å²) in [4.78, 5) is 15.2. The Bertz CT molecular complexity index is 1280. The van der Waals surface area contributed by atoms with Crippen molar-refractivity contribution in [2.75, 3.05) is 5.32 Å². The van der Waals surface area contributed by atoms with Gasteiger partial charge in [0, 0.05) is 5.56 Å². The second-order valence-corrected chi connectivity index (χ2v) is 9.71. The molecule has 16 heteroatoms. The normalized spacial score (nSPS) is 13.5. The number of benzene rings is 1. The van der Waals surface area contributed by atoms with Crippen LogP contribution in [0.15, 0.2) is 12.1 Å². The van der Waals surface area contributed by atoms with E-state index >= 15 is 4.39 Å². The molecule has 1 aromatic carbocycles. The van der Waals surface area contributed by atoms with Crippen LogP contribution in [0.3, 0.4) is 0 Å². The number of hydrogen-bond acceptors (Lipinski definition) is 6. The number of aliphatic hydroxyl groups is 1. The molecular weight excluding hydrogens is 557 g/mol. The molecule has 0 saturated carbocycles. The number of aromatic nitrogens is 3. The molecule has 0 aliphatic heterocycles. The number of halogens is 8. The molecule has 0 radical (unpaired) electrons. The number of hydrogen-bond donors (Lipinski definition) is 3. The topological polar surface area (TPSA) is 100 Å². The minimum Gasteiger partial charge on any atom is -0.480 e. The van der Waals surface area contributed by atoms with Crippen molar-refractivity contribution in [2.45, 2.75) is 51.8 Å². The van der Waals surface area contributed by atoms with E-state index in [1.165, 1.54) is 6.92 Å². The lowest BCUT2D eigenvalue weighted by atomic mass is 10.0. The number of nitrogens with one attached hydrogen (secondary N) is 2. The van der Waals surface area contributed by atoms with Gasteiger partial charge in [-0.2, -0.15) is 31.4 Å². The van der Waals surface area contributed by atoms with E-state index in [1.54, 1.807) is 0 Å².